The summed E-state index contributed by atoms with van der Waals surface area (Å²) in [4.78, 5) is 8.72. The first-order valence-electron chi connectivity index (χ1n) is 7.20. The molecule has 2 rings (SSSR count). The van der Waals surface area contributed by atoms with E-state index in [0.29, 0.717) is 12.5 Å². The van der Waals surface area contributed by atoms with Crippen molar-refractivity contribution >= 4 is 5.82 Å². The third-order valence-electron chi connectivity index (χ3n) is 2.99. The SMILES string of the molecule is CCOc1cc(NCCc2ccc(F)cc2)nc(CC)n1. The van der Waals surface area contributed by atoms with Gasteiger partial charge in [-0.25, -0.2) is 9.37 Å². The summed E-state index contributed by atoms with van der Waals surface area (Å²) in [6.07, 6.45) is 1.56. The van der Waals surface area contributed by atoms with E-state index in [9.17, 15) is 4.39 Å². The summed E-state index contributed by atoms with van der Waals surface area (Å²) >= 11 is 0. The number of rotatable bonds is 7. The number of ether oxygens (including phenoxy) is 1. The molecule has 0 unspecified atom stereocenters. The number of hydrogen-bond donors (Lipinski definition) is 1. The highest BCUT2D eigenvalue weighted by atomic mass is 19.1. The molecule has 0 aliphatic heterocycles. The molecule has 1 aromatic heterocycles. The molecule has 1 N–H and O–H groups in total. The predicted octanol–water partition coefficient (Wildman–Crippen LogP) is 3.23. The first-order valence-corrected chi connectivity index (χ1v) is 7.20. The van der Waals surface area contributed by atoms with Crippen LogP contribution in [0.25, 0.3) is 0 Å². The van der Waals surface area contributed by atoms with Crippen LogP contribution in [0.3, 0.4) is 0 Å². The molecule has 0 amide bonds. The number of aryl methyl sites for hydroxylation is 1. The lowest BCUT2D eigenvalue weighted by Gasteiger charge is -2.09. The van der Waals surface area contributed by atoms with Gasteiger partial charge in [-0.2, -0.15) is 4.98 Å². The van der Waals surface area contributed by atoms with E-state index >= 15 is 0 Å². The van der Waals surface area contributed by atoms with Crippen LogP contribution in [0, 0.1) is 5.82 Å². The highest BCUT2D eigenvalue weighted by Gasteiger charge is 2.04. The Morgan fingerprint density at radius 3 is 2.57 bits per heavy atom. The van der Waals surface area contributed by atoms with Crippen LogP contribution in [0.1, 0.15) is 25.2 Å². The second-order valence-electron chi connectivity index (χ2n) is 4.60. The Morgan fingerprint density at radius 2 is 1.90 bits per heavy atom. The fourth-order valence-corrected chi connectivity index (χ4v) is 1.93. The monoisotopic (exact) mass is 289 g/mol. The molecule has 1 aromatic carbocycles. The topological polar surface area (TPSA) is 47.0 Å². The molecule has 5 heteroatoms. The van der Waals surface area contributed by atoms with Crippen molar-refractivity contribution in [2.45, 2.75) is 26.7 Å². The van der Waals surface area contributed by atoms with Gasteiger partial charge < -0.3 is 10.1 Å². The molecule has 0 saturated carbocycles. The predicted molar refractivity (Wildman–Crippen MR) is 81.2 cm³/mol. The Balaban J connectivity index is 1.95. The first-order chi connectivity index (χ1) is 10.2. The standard InChI is InChI=1S/C16H20FN3O/c1-3-14-19-15(11-16(20-14)21-4-2)18-10-9-12-5-7-13(17)8-6-12/h5-8,11H,3-4,9-10H2,1-2H3,(H,18,19,20). The largest absolute Gasteiger partial charge is 0.478 e. The van der Waals surface area contributed by atoms with Crippen molar-refractivity contribution in [2.75, 3.05) is 18.5 Å². The van der Waals surface area contributed by atoms with E-state index in [-0.39, 0.29) is 5.82 Å². The van der Waals surface area contributed by atoms with Crippen molar-refractivity contribution in [3.8, 4) is 5.88 Å². The molecule has 0 atom stereocenters. The van der Waals surface area contributed by atoms with Gasteiger partial charge in [0.1, 0.15) is 17.5 Å². The normalized spacial score (nSPS) is 10.4. The van der Waals surface area contributed by atoms with Crippen LogP contribution in [0.2, 0.25) is 0 Å². The lowest BCUT2D eigenvalue weighted by atomic mass is 10.1. The number of aromatic nitrogens is 2. The van der Waals surface area contributed by atoms with E-state index in [1.165, 1.54) is 12.1 Å². The molecule has 112 valence electrons. The quantitative estimate of drug-likeness (QED) is 0.850. The number of hydrogen-bond acceptors (Lipinski definition) is 4. The van der Waals surface area contributed by atoms with Gasteiger partial charge in [-0.1, -0.05) is 19.1 Å². The number of nitrogens with one attached hydrogen (secondary N) is 1. The van der Waals surface area contributed by atoms with Gasteiger partial charge in [0.25, 0.3) is 0 Å². The van der Waals surface area contributed by atoms with E-state index in [1.54, 1.807) is 18.2 Å². The zero-order chi connectivity index (χ0) is 15.1. The second-order valence-corrected chi connectivity index (χ2v) is 4.60. The average molecular weight is 289 g/mol. The van der Waals surface area contributed by atoms with Crippen LogP contribution in [-0.2, 0) is 12.8 Å². The molecule has 0 bridgehead atoms. The van der Waals surface area contributed by atoms with Crippen molar-refractivity contribution in [1.82, 2.24) is 9.97 Å². The summed E-state index contributed by atoms with van der Waals surface area (Å²) < 4.78 is 18.3. The minimum Gasteiger partial charge on any atom is -0.478 e. The molecule has 0 spiro atoms. The van der Waals surface area contributed by atoms with Gasteiger partial charge in [0.15, 0.2) is 0 Å². The zero-order valence-corrected chi connectivity index (χ0v) is 12.4. The van der Waals surface area contributed by atoms with Gasteiger partial charge in [-0.15, -0.1) is 0 Å². The highest BCUT2D eigenvalue weighted by Crippen LogP contribution is 2.14. The first kappa shape index (κ1) is 15.2. The number of halogens is 1. The fraction of sp³-hybridized carbons (Fsp3) is 0.375. The Labute approximate surface area is 124 Å². The third-order valence-corrected chi connectivity index (χ3v) is 2.99. The second kappa shape index (κ2) is 7.57. The Bertz CT molecular complexity index is 572. The van der Waals surface area contributed by atoms with E-state index in [1.807, 2.05) is 13.8 Å². The molecule has 0 aliphatic rings. The minimum absolute atomic E-state index is 0.212. The Morgan fingerprint density at radius 1 is 1.14 bits per heavy atom. The van der Waals surface area contributed by atoms with E-state index < -0.39 is 0 Å². The molecule has 0 saturated heterocycles. The van der Waals surface area contributed by atoms with Crippen LogP contribution < -0.4 is 10.1 Å². The average Bonchev–Trinajstić information content (AvgIpc) is 2.49. The summed E-state index contributed by atoms with van der Waals surface area (Å²) in [5, 5.41) is 3.26. The summed E-state index contributed by atoms with van der Waals surface area (Å²) in [7, 11) is 0. The van der Waals surface area contributed by atoms with Gasteiger partial charge >= 0.3 is 0 Å². The van der Waals surface area contributed by atoms with Gasteiger partial charge in [0, 0.05) is 19.0 Å². The van der Waals surface area contributed by atoms with Crippen LogP contribution in [0.15, 0.2) is 30.3 Å². The molecule has 0 fully saturated rings. The Kier molecular flexibility index (Phi) is 5.49. The third kappa shape index (κ3) is 4.70. The maximum atomic E-state index is 12.8. The maximum absolute atomic E-state index is 12.8. The highest BCUT2D eigenvalue weighted by molar-refractivity contribution is 5.38. The van der Waals surface area contributed by atoms with Crippen molar-refractivity contribution in [1.29, 1.82) is 0 Å². The molecular formula is C16H20FN3O. The smallest absolute Gasteiger partial charge is 0.218 e. The van der Waals surface area contributed by atoms with Crippen LogP contribution in [0.4, 0.5) is 10.2 Å². The van der Waals surface area contributed by atoms with Crippen LogP contribution in [-0.4, -0.2) is 23.1 Å². The minimum atomic E-state index is -0.212. The molecule has 0 aliphatic carbocycles. The summed E-state index contributed by atoms with van der Waals surface area (Å²) in [6, 6.07) is 8.33. The summed E-state index contributed by atoms with van der Waals surface area (Å²) in [6.45, 7) is 5.23. The number of anilines is 1. The zero-order valence-electron chi connectivity index (χ0n) is 12.4. The van der Waals surface area contributed by atoms with Crippen molar-refractivity contribution in [3.63, 3.8) is 0 Å². The molecule has 21 heavy (non-hydrogen) atoms. The van der Waals surface area contributed by atoms with E-state index in [0.717, 1.165) is 36.6 Å². The van der Waals surface area contributed by atoms with Gasteiger partial charge in [-0.05, 0) is 31.0 Å². The number of benzene rings is 1. The van der Waals surface area contributed by atoms with Gasteiger partial charge in [-0.3, -0.25) is 0 Å². The van der Waals surface area contributed by atoms with Gasteiger partial charge in [0.2, 0.25) is 5.88 Å². The van der Waals surface area contributed by atoms with Crippen molar-refractivity contribution < 1.29 is 9.13 Å². The molecule has 2 aromatic rings. The van der Waals surface area contributed by atoms with Crippen LogP contribution >= 0.6 is 0 Å². The lowest BCUT2D eigenvalue weighted by molar-refractivity contribution is 0.325. The van der Waals surface area contributed by atoms with Crippen molar-refractivity contribution in [3.05, 3.63) is 47.5 Å². The molecule has 1 heterocycles. The summed E-state index contributed by atoms with van der Waals surface area (Å²) in [5.74, 6) is 1.89. The lowest BCUT2D eigenvalue weighted by Crippen LogP contribution is -2.09. The fourth-order valence-electron chi connectivity index (χ4n) is 1.93. The molecule has 0 radical (unpaired) electrons. The van der Waals surface area contributed by atoms with Crippen molar-refractivity contribution in [2.24, 2.45) is 0 Å². The molecule has 4 nitrogen and oxygen atoms in total. The van der Waals surface area contributed by atoms with Gasteiger partial charge in [0.05, 0.1) is 6.61 Å². The maximum Gasteiger partial charge on any atom is 0.218 e. The molecular weight excluding hydrogens is 269 g/mol. The summed E-state index contributed by atoms with van der Waals surface area (Å²) in [5.41, 5.74) is 1.08. The van der Waals surface area contributed by atoms with Crippen LogP contribution in [0.5, 0.6) is 5.88 Å². The van der Waals surface area contributed by atoms with E-state index in [4.69, 9.17) is 4.74 Å². The number of nitrogens with zero attached hydrogens (tertiary/aromatic N) is 2. The Hall–Kier alpha value is -2.17. The van der Waals surface area contributed by atoms with E-state index in [2.05, 4.69) is 15.3 Å².